The number of benzene rings is 1. The summed E-state index contributed by atoms with van der Waals surface area (Å²) in [6.45, 7) is 6.20. The molecule has 1 aliphatic heterocycles. The van der Waals surface area contributed by atoms with E-state index in [4.69, 9.17) is 0 Å². The molecule has 0 bridgehead atoms. The molecule has 1 aliphatic rings. The molecule has 1 aromatic carbocycles. The molecular formula is C18H25N5O2S. The van der Waals surface area contributed by atoms with Gasteiger partial charge in [0.2, 0.25) is 5.95 Å². The van der Waals surface area contributed by atoms with Gasteiger partial charge in [-0.25, -0.2) is 8.42 Å². The molecule has 8 heteroatoms. The van der Waals surface area contributed by atoms with Crippen LogP contribution in [-0.4, -0.2) is 54.2 Å². The van der Waals surface area contributed by atoms with Crippen LogP contribution in [0.15, 0.2) is 36.5 Å². The molecule has 1 saturated heterocycles. The minimum absolute atomic E-state index is 0.0428. The fourth-order valence-corrected chi connectivity index (χ4v) is 5.05. The second-order valence-corrected chi connectivity index (χ2v) is 8.69. The summed E-state index contributed by atoms with van der Waals surface area (Å²) in [7, 11) is -2.95. The Morgan fingerprint density at radius 2 is 1.92 bits per heavy atom. The molecule has 0 spiro atoms. The monoisotopic (exact) mass is 375 g/mol. The molecule has 0 aliphatic carbocycles. The SMILES string of the molecule is CCN(Cc1ccccc1)c1nncc(N(CC)C2CCS(=O)(=O)C2)n1. The first kappa shape index (κ1) is 18.6. The van der Waals surface area contributed by atoms with Crippen molar-refractivity contribution in [2.45, 2.75) is 32.9 Å². The van der Waals surface area contributed by atoms with Gasteiger partial charge in [-0.2, -0.15) is 10.1 Å². The van der Waals surface area contributed by atoms with Gasteiger partial charge in [0, 0.05) is 25.7 Å². The zero-order valence-corrected chi connectivity index (χ0v) is 16.1. The van der Waals surface area contributed by atoms with E-state index in [0.29, 0.717) is 31.3 Å². The molecule has 1 atom stereocenters. The lowest BCUT2D eigenvalue weighted by molar-refractivity contribution is 0.599. The van der Waals surface area contributed by atoms with Crippen LogP contribution in [0.5, 0.6) is 0 Å². The number of hydrogen-bond acceptors (Lipinski definition) is 7. The van der Waals surface area contributed by atoms with Gasteiger partial charge in [0.15, 0.2) is 15.7 Å². The molecule has 2 heterocycles. The summed E-state index contributed by atoms with van der Waals surface area (Å²) in [5.41, 5.74) is 1.18. The maximum Gasteiger partial charge on any atom is 0.247 e. The number of anilines is 2. The Bertz CT molecular complexity index is 828. The van der Waals surface area contributed by atoms with E-state index in [2.05, 4.69) is 39.1 Å². The standard InChI is InChI=1S/C18H25N5O2S/c1-3-22(13-15-8-6-5-7-9-15)18-20-17(12-19-21-18)23(4-2)16-10-11-26(24,25)14-16/h5-9,12,16H,3-4,10-11,13-14H2,1-2H3. The van der Waals surface area contributed by atoms with Crippen molar-refractivity contribution in [1.82, 2.24) is 15.2 Å². The van der Waals surface area contributed by atoms with Crippen molar-refractivity contribution in [3.05, 3.63) is 42.1 Å². The van der Waals surface area contributed by atoms with Gasteiger partial charge >= 0.3 is 0 Å². The molecule has 0 radical (unpaired) electrons. The Labute approximate surface area is 155 Å². The summed E-state index contributed by atoms with van der Waals surface area (Å²) in [6, 6.07) is 10.1. The van der Waals surface area contributed by atoms with E-state index < -0.39 is 9.84 Å². The van der Waals surface area contributed by atoms with Gasteiger partial charge in [-0.05, 0) is 25.8 Å². The quantitative estimate of drug-likeness (QED) is 0.731. The van der Waals surface area contributed by atoms with Crippen LogP contribution in [0, 0.1) is 0 Å². The molecule has 1 unspecified atom stereocenters. The van der Waals surface area contributed by atoms with Crippen molar-refractivity contribution >= 4 is 21.6 Å². The highest BCUT2D eigenvalue weighted by Crippen LogP contribution is 2.23. The highest BCUT2D eigenvalue weighted by atomic mass is 32.2. The van der Waals surface area contributed by atoms with Crippen molar-refractivity contribution in [3.8, 4) is 0 Å². The number of nitrogens with zero attached hydrogens (tertiary/aromatic N) is 5. The predicted octanol–water partition coefficient (Wildman–Crippen LogP) is 1.91. The zero-order valence-electron chi connectivity index (χ0n) is 15.2. The number of rotatable bonds is 7. The molecule has 1 aromatic heterocycles. The van der Waals surface area contributed by atoms with Crippen LogP contribution in [-0.2, 0) is 16.4 Å². The fourth-order valence-electron chi connectivity index (χ4n) is 3.31. The van der Waals surface area contributed by atoms with Gasteiger partial charge in [-0.3, -0.25) is 0 Å². The number of hydrogen-bond donors (Lipinski definition) is 0. The van der Waals surface area contributed by atoms with E-state index in [-0.39, 0.29) is 17.5 Å². The first-order valence-electron chi connectivity index (χ1n) is 8.98. The smallest absolute Gasteiger partial charge is 0.247 e. The summed E-state index contributed by atoms with van der Waals surface area (Å²) >= 11 is 0. The first-order chi connectivity index (χ1) is 12.5. The maximum atomic E-state index is 11.8. The minimum Gasteiger partial charge on any atom is -0.351 e. The van der Waals surface area contributed by atoms with Crippen molar-refractivity contribution in [1.29, 1.82) is 0 Å². The third-order valence-corrected chi connectivity index (χ3v) is 6.45. The average Bonchev–Trinajstić information content (AvgIpc) is 3.01. The Morgan fingerprint density at radius 3 is 2.54 bits per heavy atom. The van der Waals surface area contributed by atoms with E-state index in [0.717, 1.165) is 6.54 Å². The number of sulfone groups is 1. The van der Waals surface area contributed by atoms with E-state index in [1.165, 1.54) is 5.56 Å². The van der Waals surface area contributed by atoms with Gasteiger partial charge in [-0.1, -0.05) is 30.3 Å². The lowest BCUT2D eigenvalue weighted by atomic mass is 10.2. The fraction of sp³-hybridized carbons (Fsp3) is 0.500. The van der Waals surface area contributed by atoms with Crippen LogP contribution in [0.3, 0.4) is 0 Å². The van der Waals surface area contributed by atoms with E-state index >= 15 is 0 Å². The van der Waals surface area contributed by atoms with E-state index in [1.807, 2.05) is 30.0 Å². The molecule has 0 saturated carbocycles. The van der Waals surface area contributed by atoms with Gasteiger partial charge < -0.3 is 9.80 Å². The van der Waals surface area contributed by atoms with Crippen LogP contribution in [0.1, 0.15) is 25.8 Å². The van der Waals surface area contributed by atoms with Gasteiger partial charge in [0.1, 0.15) is 0 Å². The molecule has 3 rings (SSSR count). The molecule has 140 valence electrons. The first-order valence-corrected chi connectivity index (χ1v) is 10.8. The minimum atomic E-state index is -2.95. The molecule has 7 nitrogen and oxygen atoms in total. The summed E-state index contributed by atoms with van der Waals surface area (Å²) in [5, 5.41) is 8.32. The summed E-state index contributed by atoms with van der Waals surface area (Å²) < 4.78 is 23.7. The third kappa shape index (κ3) is 4.30. The molecule has 1 fully saturated rings. The zero-order chi connectivity index (χ0) is 18.6. The van der Waals surface area contributed by atoms with Gasteiger partial charge in [0.25, 0.3) is 0 Å². The normalized spacial score (nSPS) is 18.6. The van der Waals surface area contributed by atoms with Crippen LogP contribution < -0.4 is 9.80 Å². The Hall–Kier alpha value is -2.22. The van der Waals surface area contributed by atoms with Crippen LogP contribution in [0.4, 0.5) is 11.8 Å². The molecule has 0 amide bonds. The van der Waals surface area contributed by atoms with Gasteiger partial charge in [0.05, 0.1) is 17.7 Å². The third-order valence-electron chi connectivity index (χ3n) is 4.70. The second kappa shape index (κ2) is 7.99. The number of aromatic nitrogens is 3. The average molecular weight is 375 g/mol. The molecule has 2 aromatic rings. The summed E-state index contributed by atoms with van der Waals surface area (Å²) in [5.74, 6) is 1.68. The van der Waals surface area contributed by atoms with E-state index in [9.17, 15) is 8.42 Å². The second-order valence-electron chi connectivity index (χ2n) is 6.46. The van der Waals surface area contributed by atoms with Crippen LogP contribution in [0.2, 0.25) is 0 Å². The van der Waals surface area contributed by atoms with Crippen molar-refractivity contribution in [2.24, 2.45) is 0 Å². The topological polar surface area (TPSA) is 79.3 Å². The largest absolute Gasteiger partial charge is 0.351 e. The Balaban J connectivity index is 1.82. The van der Waals surface area contributed by atoms with Crippen LogP contribution in [0.25, 0.3) is 0 Å². The van der Waals surface area contributed by atoms with E-state index in [1.54, 1.807) is 6.20 Å². The van der Waals surface area contributed by atoms with Crippen LogP contribution >= 0.6 is 0 Å². The highest BCUT2D eigenvalue weighted by Gasteiger charge is 2.32. The molecule has 26 heavy (non-hydrogen) atoms. The van der Waals surface area contributed by atoms with Crippen molar-refractivity contribution in [3.63, 3.8) is 0 Å². The Kier molecular flexibility index (Phi) is 5.70. The summed E-state index contributed by atoms with van der Waals surface area (Å²) in [6.07, 6.45) is 2.26. The highest BCUT2D eigenvalue weighted by molar-refractivity contribution is 7.91. The lowest BCUT2D eigenvalue weighted by Crippen LogP contribution is -2.37. The van der Waals surface area contributed by atoms with Crippen molar-refractivity contribution in [2.75, 3.05) is 34.4 Å². The maximum absolute atomic E-state index is 11.8. The van der Waals surface area contributed by atoms with Gasteiger partial charge in [-0.15, -0.1) is 5.10 Å². The Morgan fingerprint density at radius 1 is 1.15 bits per heavy atom. The predicted molar refractivity (Wildman–Crippen MR) is 103 cm³/mol. The lowest BCUT2D eigenvalue weighted by Gasteiger charge is -2.28. The summed E-state index contributed by atoms with van der Waals surface area (Å²) in [4.78, 5) is 8.77. The molecular weight excluding hydrogens is 350 g/mol. The van der Waals surface area contributed by atoms with Crippen molar-refractivity contribution < 1.29 is 8.42 Å². The molecule has 0 N–H and O–H groups in total.